The molecule has 0 unspecified atom stereocenters. The SMILES string of the molecule is CCC1=C(C2=CCC=C2C)CC=C1. The lowest BCUT2D eigenvalue weighted by atomic mass is 9.97. The molecule has 0 saturated carbocycles. The second-order valence-corrected chi connectivity index (χ2v) is 3.70. The van der Waals surface area contributed by atoms with Crippen molar-refractivity contribution in [1.29, 1.82) is 0 Å². The van der Waals surface area contributed by atoms with E-state index >= 15 is 0 Å². The fourth-order valence-electron chi connectivity index (χ4n) is 2.15. The van der Waals surface area contributed by atoms with Crippen LogP contribution in [0.1, 0.15) is 33.1 Å². The molecular formula is C13H16. The van der Waals surface area contributed by atoms with Gasteiger partial charge in [-0.25, -0.2) is 0 Å². The summed E-state index contributed by atoms with van der Waals surface area (Å²) in [6.45, 7) is 4.46. The quantitative estimate of drug-likeness (QED) is 0.592. The molecule has 0 radical (unpaired) electrons. The largest absolute Gasteiger partial charge is 0.0798 e. The van der Waals surface area contributed by atoms with Crippen LogP contribution in [-0.2, 0) is 0 Å². The zero-order valence-electron chi connectivity index (χ0n) is 8.43. The summed E-state index contributed by atoms with van der Waals surface area (Å²) < 4.78 is 0. The van der Waals surface area contributed by atoms with Crippen LogP contribution in [0, 0.1) is 0 Å². The topological polar surface area (TPSA) is 0 Å². The van der Waals surface area contributed by atoms with E-state index in [1.807, 2.05) is 0 Å². The number of allylic oxidation sites excluding steroid dienone is 8. The highest BCUT2D eigenvalue weighted by Gasteiger charge is 2.15. The van der Waals surface area contributed by atoms with E-state index in [1.165, 1.54) is 16.7 Å². The van der Waals surface area contributed by atoms with Crippen LogP contribution in [-0.4, -0.2) is 0 Å². The van der Waals surface area contributed by atoms with Gasteiger partial charge in [-0.15, -0.1) is 0 Å². The van der Waals surface area contributed by atoms with Crippen molar-refractivity contribution in [1.82, 2.24) is 0 Å². The van der Waals surface area contributed by atoms with Crippen molar-refractivity contribution in [3.8, 4) is 0 Å². The predicted octanol–water partition coefficient (Wildman–Crippen LogP) is 3.93. The molecule has 0 atom stereocenters. The van der Waals surface area contributed by atoms with Gasteiger partial charge in [-0.1, -0.05) is 31.2 Å². The molecule has 0 heteroatoms. The summed E-state index contributed by atoms with van der Waals surface area (Å²) in [4.78, 5) is 0. The fourth-order valence-corrected chi connectivity index (χ4v) is 2.15. The lowest BCUT2D eigenvalue weighted by Crippen LogP contribution is -1.89. The van der Waals surface area contributed by atoms with Crippen LogP contribution in [0.2, 0.25) is 0 Å². The first kappa shape index (κ1) is 8.55. The average molecular weight is 172 g/mol. The van der Waals surface area contributed by atoms with E-state index in [0.717, 1.165) is 19.3 Å². The van der Waals surface area contributed by atoms with Gasteiger partial charge in [0.1, 0.15) is 0 Å². The maximum Gasteiger partial charge on any atom is -0.00856 e. The van der Waals surface area contributed by atoms with Crippen LogP contribution in [0.4, 0.5) is 0 Å². The normalized spacial score (nSPS) is 21.1. The van der Waals surface area contributed by atoms with Gasteiger partial charge in [-0.05, 0) is 48.5 Å². The minimum Gasteiger partial charge on any atom is -0.0798 e. The summed E-state index contributed by atoms with van der Waals surface area (Å²) in [7, 11) is 0. The number of rotatable bonds is 2. The highest BCUT2D eigenvalue weighted by molar-refractivity contribution is 5.56. The monoisotopic (exact) mass is 172 g/mol. The molecule has 0 saturated heterocycles. The Morgan fingerprint density at radius 2 is 2.15 bits per heavy atom. The highest BCUT2D eigenvalue weighted by Crippen LogP contribution is 2.34. The molecule has 0 aromatic heterocycles. The van der Waals surface area contributed by atoms with Crippen molar-refractivity contribution in [2.75, 3.05) is 0 Å². The zero-order chi connectivity index (χ0) is 9.26. The first-order chi connectivity index (χ1) is 6.33. The molecule has 0 heterocycles. The molecule has 0 amide bonds. The van der Waals surface area contributed by atoms with Gasteiger partial charge in [0.05, 0.1) is 0 Å². The van der Waals surface area contributed by atoms with E-state index in [2.05, 4.69) is 38.2 Å². The Bertz CT molecular complexity index is 335. The first-order valence-electron chi connectivity index (χ1n) is 5.09. The van der Waals surface area contributed by atoms with E-state index in [1.54, 1.807) is 5.57 Å². The van der Waals surface area contributed by atoms with Crippen LogP contribution in [0.5, 0.6) is 0 Å². The van der Waals surface area contributed by atoms with Crippen LogP contribution in [0.25, 0.3) is 0 Å². The maximum atomic E-state index is 2.35. The van der Waals surface area contributed by atoms with Crippen LogP contribution in [0.15, 0.2) is 46.6 Å². The summed E-state index contributed by atoms with van der Waals surface area (Å²) in [5, 5.41) is 0. The standard InChI is InChI=1S/C13H16/c1-3-11-7-5-9-13(11)12-8-4-6-10(12)2/h5-8H,3-4,9H2,1-2H3. The maximum absolute atomic E-state index is 2.35. The Balaban J connectivity index is 2.32. The summed E-state index contributed by atoms with van der Waals surface area (Å²) in [6, 6.07) is 0. The summed E-state index contributed by atoms with van der Waals surface area (Å²) >= 11 is 0. The zero-order valence-corrected chi connectivity index (χ0v) is 8.43. The first-order valence-corrected chi connectivity index (χ1v) is 5.09. The van der Waals surface area contributed by atoms with Gasteiger partial charge in [0.2, 0.25) is 0 Å². The van der Waals surface area contributed by atoms with Crippen molar-refractivity contribution >= 4 is 0 Å². The molecule has 0 aliphatic heterocycles. The van der Waals surface area contributed by atoms with Gasteiger partial charge in [0.25, 0.3) is 0 Å². The Kier molecular flexibility index (Phi) is 2.22. The summed E-state index contributed by atoms with van der Waals surface area (Å²) in [5.41, 5.74) is 6.06. The fraction of sp³-hybridized carbons (Fsp3) is 0.385. The molecule has 0 aromatic rings. The molecule has 0 fully saturated rings. The second-order valence-electron chi connectivity index (χ2n) is 3.70. The lowest BCUT2D eigenvalue weighted by Gasteiger charge is -2.08. The summed E-state index contributed by atoms with van der Waals surface area (Å²) in [6.07, 6.45) is 12.7. The smallest absolute Gasteiger partial charge is 0.00856 e. The molecule has 0 nitrogen and oxygen atoms in total. The molecule has 0 bridgehead atoms. The molecule has 13 heavy (non-hydrogen) atoms. The molecule has 0 aromatic carbocycles. The highest BCUT2D eigenvalue weighted by atomic mass is 14.2. The minimum atomic E-state index is 1.13. The van der Waals surface area contributed by atoms with Crippen molar-refractivity contribution in [2.45, 2.75) is 33.1 Å². The molecule has 2 rings (SSSR count). The van der Waals surface area contributed by atoms with Crippen LogP contribution >= 0.6 is 0 Å². The van der Waals surface area contributed by atoms with Gasteiger partial charge in [-0.2, -0.15) is 0 Å². The van der Waals surface area contributed by atoms with E-state index in [4.69, 9.17) is 0 Å². The van der Waals surface area contributed by atoms with Gasteiger partial charge >= 0.3 is 0 Å². The van der Waals surface area contributed by atoms with Crippen molar-refractivity contribution in [3.05, 3.63) is 46.6 Å². The van der Waals surface area contributed by atoms with Crippen molar-refractivity contribution < 1.29 is 0 Å². The summed E-state index contributed by atoms with van der Waals surface area (Å²) in [5.74, 6) is 0. The molecule has 0 spiro atoms. The Morgan fingerprint density at radius 1 is 1.31 bits per heavy atom. The predicted molar refractivity (Wildman–Crippen MR) is 57.5 cm³/mol. The van der Waals surface area contributed by atoms with Gasteiger partial charge < -0.3 is 0 Å². The molecule has 2 aliphatic carbocycles. The van der Waals surface area contributed by atoms with Gasteiger partial charge in [0, 0.05) is 0 Å². The Labute approximate surface area is 80.3 Å². The third-order valence-electron chi connectivity index (χ3n) is 2.91. The molecule has 2 aliphatic rings. The van der Waals surface area contributed by atoms with Crippen molar-refractivity contribution in [2.24, 2.45) is 0 Å². The van der Waals surface area contributed by atoms with E-state index in [0.29, 0.717) is 0 Å². The third-order valence-corrected chi connectivity index (χ3v) is 2.91. The van der Waals surface area contributed by atoms with Crippen molar-refractivity contribution in [3.63, 3.8) is 0 Å². The van der Waals surface area contributed by atoms with Crippen LogP contribution in [0.3, 0.4) is 0 Å². The molecule has 0 N–H and O–H groups in total. The molecule has 68 valence electrons. The molecular weight excluding hydrogens is 156 g/mol. The van der Waals surface area contributed by atoms with Crippen LogP contribution < -0.4 is 0 Å². The van der Waals surface area contributed by atoms with E-state index in [-0.39, 0.29) is 0 Å². The lowest BCUT2D eigenvalue weighted by molar-refractivity contribution is 1.11. The second kappa shape index (κ2) is 3.37. The number of hydrogen-bond donors (Lipinski definition) is 0. The van der Waals surface area contributed by atoms with E-state index < -0.39 is 0 Å². The van der Waals surface area contributed by atoms with Gasteiger partial charge in [0.15, 0.2) is 0 Å². The van der Waals surface area contributed by atoms with E-state index in [9.17, 15) is 0 Å². The third kappa shape index (κ3) is 1.41. The number of hydrogen-bond acceptors (Lipinski definition) is 0. The van der Waals surface area contributed by atoms with Gasteiger partial charge in [-0.3, -0.25) is 0 Å². The Hall–Kier alpha value is -1.04. The Morgan fingerprint density at radius 3 is 2.77 bits per heavy atom. The minimum absolute atomic E-state index is 1.13. The average Bonchev–Trinajstić information content (AvgIpc) is 2.71.